The van der Waals surface area contributed by atoms with Crippen molar-refractivity contribution in [1.82, 2.24) is 29.0 Å². The number of benzene rings is 1. The first-order valence-corrected chi connectivity index (χ1v) is 17.4. The molecule has 4 heterocycles. The van der Waals surface area contributed by atoms with Gasteiger partial charge in [-0.2, -0.15) is 14.4 Å². The Morgan fingerprint density at radius 1 is 0.929 bits per heavy atom. The van der Waals surface area contributed by atoms with Gasteiger partial charge in [-0.25, -0.2) is 18.1 Å². The van der Waals surface area contributed by atoms with Crippen molar-refractivity contribution in [1.29, 1.82) is 0 Å². The highest BCUT2D eigenvalue weighted by atomic mass is 32.2. The molecule has 1 aliphatic carbocycles. The molecule has 3 fully saturated rings. The minimum Gasteiger partial charge on any atom is -0.393 e. The van der Waals surface area contributed by atoms with Gasteiger partial charge in [-0.3, -0.25) is 0 Å². The Balaban J connectivity index is 1.23. The first kappa shape index (κ1) is 29.5. The molecule has 2 aromatic heterocycles. The summed E-state index contributed by atoms with van der Waals surface area (Å²) in [4.78, 5) is 12.3. The number of fused-ring (bicyclic) bond motifs is 1. The van der Waals surface area contributed by atoms with E-state index in [1.54, 1.807) is 16.4 Å². The van der Waals surface area contributed by atoms with Crippen LogP contribution in [0, 0.1) is 0 Å². The van der Waals surface area contributed by atoms with Crippen LogP contribution in [0.1, 0.15) is 83.6 Å². The molecule has 0 amide bonds. The zero-order valence-electron chi connectivity index (χ0n) is 24.8. The van der Waals surface area contributed by atoms with Crippen LogP contribution in [0.2, 0.25) is 0 Å². The summed E-state index contributed by atoms with van der Waals surface area (Å²) in [6, 6.07) is 7.79. The fraction of sp³-hybridized carbons (Fsp3) is 0.645. The summed E-state index contributed by atoms with van der Waals surface area (Å²) >= 11 is 0. The summed E-state index contributed by atoms with van der Waals surface area (Å²) < 4.78 is 30.8. The van der Waals surface area contributed by atoms with Crippen LogP contribution in [0.25, 0.3) is 22.3 Å². The Morgan fingerprint density at radius 2 is 1.64 bits per heavy atom. The number of aliphatic hydroxyl groups excluding tert-OH is 1. The van der Waals surface area contributed by atoms with Crippen molar-refractivity contribution in [2.24, 2.45) is 0 Å². The molecule has 10 nitrogen and oxygen atoms in total. The van der Waals surface area contributed by atoms with E-state index in [1.807, 2.05) is 23.0 Å². The van der Waals surface area contributed by atoms with Crippen molar-refractivity contribution < 1.29 is 13.5 Å². The van der Waals surface area contributed by atoms with E-state index in [0.717, 1.165) is 93.3 Å². The third kappa shape index (κ3) is 6.20. The SMILES string of the molecule is CCCCNc1ncc2c(-c3ccc(S(=O)(=O)N4CCC(N5CCCCC5)CC4)cc3)nn(C3CCC(O)CC3)c2n1. The predicted octanol–water partition coefficient (Wildman–Crippen LogP) is 4.82. The monoisotopic (exact) mass is 595 g/mol. The number of sulfonamides is 1. The Hall–Kier alpha value is -2.60. The number of aromatic nitrogens is 4. The van der Waals surface area contributed by atoms with Gasteiger partial charge in [-0.05, 0) is 83.0 Å². The number of piperidine rings is 2. The van der Waals surface area contributed by atoms with Crippen LogP contribution in [-0.4, -0.2) is 87.3 Å². The van der Waals surface area contributed by atoms with E-state index in [9.17, 15) is 13.5 Å². The lowest BCUT2D eigenvalue weighted by Gasteiger charge is -2.39. The number of nitrogens with zero attached hydrogens (tertiary/aromatic N) is 6. The third-order valence-electron chi connectivity index (χ3n) is 9.37. The van der Waals surface area contributed by atoms with Crippen LogP contribution in [0.3, 0.4) is 0 Å². The van der Waals surface area contributed by atoms with E-state index in [-0.39, 0.29) is 12.1 Å². The summed E-state index contributed by atoms with van der Waals surface area (Å²) in [6.45, 7) is 6.40. The highest BCUT2D eigenvalue weighted by molar-refractivity contribution is 7.89. The fourth-order valence-electron chi connectivity index (χ4n) is 6.82. The second kappa shape index (κ2) is 13.0. The number of anilines is 1. The normalized spacial score (nSPS) is 23.4. The minimum absolute atomic E-state index is 0.149. The van der Waals surface area contributed by atoms with Crippen LogP contribution in [-0.2, 0) is 10.0 Å². The van der Waals surface area contributed by atoms with Gasteiger partial charge in [0.05, 0.1) is 22.4 Å². The number of hydrogen-bond donors (Lipinski definition) is 2. The summed E-state index contributed by atoms with van der Waals surface area (Å²) in [5.41, 5.74) is 2.36. The lowest BCUT2D eigenvalue weighted by Crippen LogP contribution is -2.48. The zero-order valence-corrected chi connectivity index (χ0v) is 25.6. The van der Waals surface area contributed by atoms with Gasteiger partial charge in [-0.1, -0.05) is 31.9 Å². The molecule has 1 aromatic carbocycles. The fourth-order valence-corrected chi connectivity index (χ4v) is 8.29. The van der Waals surface area contributed by atoms with Crippen LogP contribution in [0.4, 0.5) is 5.95 Å². The number of aliphatic hydroxyl groups is 1. The summed E-state index contributed by atoms with van der Waals surface area (Å²) in [5, 5.41) is 19.3. The van der Waals surface area contributed by atoms with Gasteiger partial charge in [0, 0.05) is 37.4 Å². The van der Waals surface area contributed by atoms with Crippen LogP contribution in [0.5, 0.6) is 0 Å². The number of hydrogen-bond acceptors (Lipinski definition) is 8. The molecule has 6 rings (SSSR count). The molecular weight excluding hydrogens is 550 g/mol. The Labute approximate surface area is 249 Å². The lowest BCUT2D eigenvalue weighted by molar-refractivity contribution is 0.109. The van der Waals surface area contributed by atoms with Crippen molar-refractivity contribution in [3.05, 3.63) is 30.5 Å². The van der Waals surface area contributed by atoms with Gasteiger partial charge in [0.15, 0.2) is 5.65 Å². The number of unbranched alkanes of at least 4 members (excludes halogenated alkanes) is 1. The molecule has 228 valence electrons. The smallest absolute Gasteiger partial charge is 0.243 e. The first-order chi connectivity index (χ1) is 20.4. The predicted molar refractivity (Wildman–Crippen MR) is 165 cm³/mol. The summed E-state index contributed by atoms with van der Waals surface area (Å²) in [7, 11) is -3.56. The highest BCUT2D eigenvalue weighted by Crippen LogP contribution is 2.35. The van der Waals surface area contributed by atoms with Crippen LogP contribution in [0.15, 0.2) is 35.4 Å². The lowest BCUT2D eigenvalue weighted by atomic mass is 9.93. The van der Waals surface area contributed by atoms with Crippen molar-refractivity contribution in [2.75, 3.05) is 38.0 Å². The molecule has 0 unspecified atom stereocenters. The number of nitrogens with one attached hydrogen (secondary N) is 1. The molecule has 1 saturated carbocycles. The molecule has 3 aliphatic rings. The molecule has 3 aromatic rings. The van der Waals surface area contributed by atoms with Gasteiger partial charge in [0.25, 0.3) is 0 Å². The third-order valence-corrected chi connectivity index (χ3v) is 11.3. The average Bonchev–Trinajstić information content (AvgIpc) is 3.41. The maximum atomic E-state index is 13.6. The van der Waals surface area contributed by atoms with Crippen molar-refractivity contribution in [3.8, 4) is 11.3 Å². The summed E-state index contributed by atoms with van der Waals surface area (Å²) in [6.07, 6.45) is 12.5. The van der Waals surface area contributed by atoms with Gasteiger partial charge in [0.2, 0.25) is 16.0 Å². The molecular formula is C31H45N7O3S. The molecule has 11 heteroatoms. The summed E-state index contributed by atoms with van der Waals surface area (Å²) in [5.74, 6) is 0.588. The van der Waals surface area contributed by atoms with Crippen molar-refractivity contribution in [2.45, 2.75) is 101 Å². The topological polar surface area (TPSA) is 116 Å². The Kier molecular flexibility index (Phi) is 9.09. The molecule has 2 N–H and O–H groups in total. The molecule has 2 aliphatic heterocycles. The molecule has 0 atom stereocenters. The van der Waals surface area contributed by atoms with Crippen LogP contribution >= 0.6 is 0 Å². The zero-order chi connectivity index (χ0) is 29.1. The van der Waals surface area contributed by atoms with E-state index in [0.29, 0.717) is 30.0 Å². The van der Waals surface area contributed by atoms with E-state index < -0.39 is 10.0 Å². The maximum Gasteiger partial charge on any atom is 0.243 e. The minimum atomic E-state index is -3.56. The second-order valence-corrected chi connectivity index (χ2v) is 14.2. The number of rotatable bonds is 9. The second-order valence-electron chi connectivity index (χ2n) is 12.2. The molecule has 0 spiro atoms. The Bertz CT molecular complexity index is 1440. The van der Waals surface area contributed by atoms with Gasteiger partial charge in [-0.15, -0.1) is 0 Å². The van der Waals surface area contributed by atoms with E-state index in [4.69, 9.17) is 10.1 Å². The van der Waals surface area contributed by atoms with Crippen molar-refractivity contribution >= 4 is 27.0 Å². The largest absolute Gasteiger partial charge is 0.393 e. The van der Waals surface area contributed by atoms with Gasteiger partial charge in [0.1, 0.15) is 5.69 Å². The molecule has 0 radical (unpaired) electrons. The molecule has 0 bridgehead atoms. The molecule has 2 saturated heterocycles. The Morgan fingerprint density at radius 3 is 2.33 bits per heavy atom. The standard InChI is InChI=1S/C31H45N7O3S/c1-2-3-17-32-31-33-22-28-29(35-38(30(28)34-31)25-9-11-26(39)12-10-25)23-7-13-27(14-8-23)42(40,41)37-20-15-24(16-21-37)36-18-5-4-6-19-36/h7-8,13-14,22,24-26,39H,2-6,9-12,15-21H2,1H3,(H,32,33,34). The first-order valence-electron chi connectivity index (χ1n) is 16.0. The van der Waals surface area contributed by atoms with E-state index in [2.05, 4.69) is 22.1 Å². The number of likely N-dealkylation sites (tertiary alicyclic amines) is 1. The van der Waals surface area contributed by atoms with Crippen molar-refractivity contribution in [3.63, 3.8) is 0 Å². The molecule has 42 heavy (non-hydrogen) atoms. The average molecular weight is 596 g/mol. The quantitative estimate of drug-likeness (QED) is 0.338. The van der Waals surface area contributed by atoms with Gasteiger partial charge < -0.3 is 15.3 Å². The van der Waals surface area contributed by atoms with E-state index >= 15 is 0 Å². The maximum absolute atomic E-state index is 13.6. The van der Waals surface area contributed by atoms with Gasteiger partial charge >= 0.3 is 0 Å². The van der Waals surface area contributed by atoms with Crippen LogP contribution < -0.4 is 5.32 Å². The highest BCUT2D eigenvalue weighted by Gasteiger charge is 2.32. The van der Waals surface area contributed by atoms with E-state index in [1.165, 1.54) is 19.3 Å².